The van der Waals surface area contributed by atoms with Gasteiger partial charge in [0.1, 0.15) is 0 Å². The number of nitrogens with zero attached hydrogens (tertiary/aromatic N) is 2. The zero-order chi connectivity index (χ0) is 7.11. The van der Waals surface area contributed by atoms with Crippen molar-refractivity contribution in [3.8, 4) is 0 Å². The average Bonchev–Trinajstić information content (AvgIpc) is 1.85. The Morgan fingerprint density at radius 2 is 2.00 bits per heavy atom. The first-order valence-corrected chi connectivity index (χ1v) is 2.32. The fourth-order valence-corrected chi connectivity index (χ4v) is 0.293. The van der Waals surface area contributed by atoms with Crippen LogP contribution in [-0.2, 0) is 0 Å². The van der Waals surface area contributed by atoms with Crippen LogP contribution in [0.5, 0.6) is 0 Å². The highest BCUT2D eigenvalue weighted by atomic mass is 16.4. The Hall–Kier alpha value is -1.10. The van der Waals surface area contributed by atoms with Gasteiger partial charge in [-0.3, -0.25) is 0 Å². The SMILES string of the molecule is O/N=C/C[C@@H](O)/C=N/O. The lowest BCUT2D eigenvalue weighted by Crippen LogP contribution is -2.07. The summed E-state index contributed by atoms with van der Waals surface area (Å²) in [4.78, 5) is 0. The Morgan fingerprint density at radius 1 is 1.33 bits per heavy atom. The summed E-state index contributed by atoms with van der Waals surface area (Å²) in [7, 11) is 0. The normalized spacial score (nSPS) is 15.2. The lowest BCUT2D eigenvalue weighted by atomic mass is 10.3. The van der Waals surface area contributed by atoms with E-state index in [1.54, 1.807) is 0 Å². The van der Waals surface area contributed by atoms with E-state index in [0.29, 0.717) is 0 Å². The molecule has 0 rings (SSSR count). The fourth-order valence-electron chi connectivity index (χ4n) is 0.293. The van der Waals surface area contributed by atoms with Gasteiger partial charge >= 0.3 is 0 Å². The van der Waals surface area contributed by atoms with Crippen LogP contribution in [0, 0.1) is 0 Å². The summed E-state index contributed by atoms with van der Waals surface area (Å²) < 4.78 is 0. The molecule has 0 saturated heterocycles. The number of rotatable bonds is 3. The van der Waals surface area contributed by atoms with Gasteiger partial charge in [0.25, 0.3) is 0 Å². The molecular formula is C4H8N2O3. The second kappa shape index (κ2) is 5.04. The molecule has 0 saturated carbocycles. The molecule has 0 aliphatic carbocycles. The lowest BCUT2D eigenvalue weighted by Gasteiger charge is -1.94. The minimum atomic E-state index is -0.883. The van der Waals surface area contributed by atoms with Crippen molar-refractivity contribution < 1.29 is 15.5 Å². The molecule has 5 heteroatoms. The topological polar surface area (TPSA) is 85.4 Å². The van der Waals surface area contributed by atoms with Crippen molar-refractivity contribution in [2.24, 2.45) is 10.3 Å². The van der Waals surface area contributed by atoms with E-state index in [-0.39, 0.29) is 6.42 Å². The molecule has 0 amide bonds. The van der Waals surface area contributed by atoms with Crippen LogP contribution in [0.3, 0.4) is 0 Å². The lowest BCUT2D eigenvalue weighted by molar-refractivity contribution is 0.242. The van der Waals surface area contributed by atoms with E-state index in [1.165, 1.54) is 0 Å². The molecule has 0 aliphatic heterocycles. The van der Waals surface area contributed by atoms with Crippen LogP contribution in [-0.4, -0.2) is 34.1 Å². The molecule has 9 heavy (non-hydrogen) atoms. The van der Waals surface area contributed by atoms with Crippen molar-refractivity contribution in [1.82, 2.24) is 0 Å². The van der Waals surface area contributed by atoms with Crippen molar-refractivity contribution in [1.29, 1.82) is 0 Å². The smallest absolute Gasteiger partial charge is 0.0974 e. The van der Waals surface area contributed by atoms with E-state index in [4.69, 9.17) is 15.5 Å². The van der Waals surface area contributed by atoms with Crippen molar-refractivity contribution in [2.45, 2.75) is 12.5 Å². The summed E-state index contributed by atoms with van der Waals surface area (Å²) in [6.07, 6.45) is 1.29. The van der Waals surface area contributed by atoms with Gasteiger partial charge in [0, 0.05) is 12.6 Å². The monoisotopic (exact) mass is 132 g/mol. The van der Waals surface area contributed by atoms with Gasteiger partial charge < -0.3 is 15.5 Å². The van der Waals surface area contributed by atoms with Crippen molar-refractivity contribution >= 4 is 12.4 Å². The first-order chi connectivity index (χ1) is 4.31. The molecule has 0 bridgehead atoms. The first kappa shape index (κ1) is 7.90. The molecule has 0 radical (unpaired) electrons. The molecule has 0 heterocycles. The summed E-state index contributed by atoms with van der Waals surface area (Å²) in [5, 5.41) is 29.5. The predicted molar refractivity (Wildman–Crippen MR) is 31.2 cm³/mol. The molecule has 0 aromatic heterocycles. The minimum Gasteiger partial charge on any atom is -0.411 e. The Morgan fingerprint density at radius 3 is 2.44 bits per heavy atom. The highest BCUT2D eigenvalue weighted by molar-refractivity contribution is 5.69. The molecule has 0 aromatic rings. The molecule has 1 atom stereocenters. The van der Waals surface area contributed by atoms with Crippen molar-refractivity contribution in [3.63, 3.8) is 0 Å². The van der Waals surface area contributed by atoms with Crippen LogP contribution in [0.15, 0.2) is 10.3 Å². The summed E-state index contributed by atoms with van der Waals surface area (Å²) in [6, 6.07) is 0. The maximum Gasteiger partial charge on any atom is 0.0974 e. The first-order valence-electron chi connectivity index (χ1n) is 2.32. The van der Waals surface area contributed by atoms with Crippen LogP contribution in [0.25, 0.3) is 0 Å². The minimum absolute atomic E-state index is 0.139. The van der Waals surface area contributed by atoms with Gasteiger partial charge in [-0.15, -0.1) is 5.16 Å². The molecule has 0 aliphatic rings. The van der Waals surface area contributed by atoms with Crippen LogP contribution in [0.1, 0.15) is 6.42 Å². The van der Waals surface area contributed by atoms with E-state index in [1.807, 2.05) is 0 Å². The third-order valence-corrected chi connectivity index (χ3v) is 0.667. The van der Waals surface area contributed by atoms with E-state index < -0.39 is 6.10 Å². The number of aliphatic hydroxyl groups is 1. The number of hydrogen-bond acceptors (Lipinski definition) is 5. The number of oxime groups is 2. The maximum atomic E-state index is 8.67. The molecule has 5 nitrogen and oxygen atoms in total. The molecule has 52 valence electrons. The zero-order valence-corrected chi connectivity index (χ0v) is 4.68. The largest absolute Gasteiger partial charge is 0.411 e. The molecule has 0 aromatic carbocycles. The van der Waals surface area contributed by atoms with Gasteiger partial charge in [-0.2, -0.15) is 0 Å². The summed E-state index contributed by atoms with van der Waals surface area (Å²) >= 11 is 0. The highest BCUT2D eigenvalue weighted by Gasteiger charge is 1.94. The Balaban J connectivity index is 3.37. The second-order valence-electron chi connectivity index (χ2n) is 1.37. The Labute approximate surface area is 51.9 Å². The number of aliphatic hydroxyl groups excluding tert-OH is 1. The van der Waals surface area contributed by atoms with Crippen molar-refractivity contribution in [3.05, 3.63) is 0 Å². The second-order valence-corrected chi connectivity index (χ2v) is 1.37. The third kappa shape index (κ3) is 4.76. The van der Waals surface area contributed by atoms with Crippen LogP contribution < -0.4 is 0 Å². The third-order valence-electron chi connectivity index (χ3n) is 0.667. The van der Waals surface area contributed by atoms with Crippen LogP contribution in [0.2, 0.25) is 0 Å². The average molecular weight is 132 g/mol. The summed E-state index contributed by atoms with van der Waals surface area (Å²) in [5.74, 6) is 0. The van der Waals surface area contributed by atoms with Gasteiger partial charge in [0.15, 0.2) is 0 Å². The molecular weight excluding hydrogens is 124 g/mol. The van der Waals surface area contributed by atoms with E-state index in [2.05, 4.69) is 10.3 Å². The predicted octanol–water partition coefficient (Wildman–Crippen LogP) is -0.343. The fraction of sp³-hybridized carbons (Fsp3) is 0.500. The maximum absolute atomic E-state index is 8.67. The number of hydrogen-bond donors (Lipinski definition) is 3. The summed E-state index contributed by atoms with van der Waals surface area (Å²) in [5.41, 5.74) is 0. The van der Waals surface area contributed by atoms with Gasteiger partial charge in [0.05, 0.1) is 12.3 Å². The van der Waals surface area contributed by atoms with E-state index in [0.717, 1.165) is 12.4 Å². The Kier molecular flexibility index (Phi) is 4.43. The van der Waals surface area contributed by atoms with Crippen LogP contribution >= 0.6 is 0 Å². The Bertz CT molecular complexity index is 112. The zero-order valence-electron chi connectivity index (χ0n) is 4.68. The van der Waals surface area contributed by atoms with Gasteiger partial charge in [-0.05, 0) is 0 Å². The van der Waals surface area contributed by atoms with Gasteiger partial charge in [-0.1, -0.05) is 5.16 Å². The van der Waals surface area contributed by atoms with E-state index >= 15 is 0 Å². The molecule has 0 spiro atoms. The van der Waals surface area contributed by atoms with E-state index in [9.17, 15) is 0 Å². The molecule has 0 fully saturated rings. The van der Waals surface area contributed by atoms with Gasteiger partial charge in [0.2, 0.25) is 0 Å². The molecule has 3 N–H and O–H groups in total. The summed E-state index contributed by atoms with van der Waals surface area (Å²) in [6.45, 7) is 0. The molecule has 0 unspecified atom stereocenters. The van der Waals surface area contributed by atoms with Crippen LogP contribution in [0.4, 0.5) is 0 Å². The van der Waals surface area contributed by atoms with Crippen molar-refractivity contribution in [2.75, 3.05) is 0 Å². The standard InChI is InChI=1S/C4H8N2O3/c7-4(3-6-9)1-2-5-8/h2-4,7-9H,1H2/b5-2+,6-3+/t4-/m1/s1. The highest BCUT2D eigenvalue weighted by Crippen LogP contribution is 1.82. The van der Waals surface area contributed by atoms with Gasteiger partial charge in [-0.25, -0.2) is 0 Å². The quantitative estimate of drug-likeness (QED) is 0.279.